The van der Waals surface area contributed by atoms with E-state index in [-0.39, 0.29) is 17.9 Å². The van der Waals surface area contributed by atoms with Crippen LogP contribution >= 0.6 is 0 Å². The molecule has 0 bridgehead atoms. The average molecular weight is 309 g/mol. The van der Waals surface area contributed by atoms with E-state index in [0.29, 0.717) is 24.4 Å². The molecule has 0 amide bonds. The Morgan fingerprint density at radius 1 is 1.05 bits per heavy atom. The van der Waals surface area contributed by atoms with Gasteiger partial charge in [-0.05, 0) is 33.6 Å². The van der Waals surface area contributed by atoms with Crippen molar-refractivity contribution in [1.82, 2.24) is 5.32 Å². The fourth-order valence-electron chi connectivity index (χ4n) is 2.69. The fraction of sp³-hybridized carbons (Fsp3) is 0.647. The Hall–Kier alpha value is -1.78. The third-order valence-electron chi connectivity index (χ3n) is 3.70. The monoisotopic (exact) mass is 309 g/mol. The van der Waals surface area contributed by atoms with E-state index >= 15 is 0 Å². The lowest BCUT2D eigenvalue weighted by Crippen LogP contribution is -2.33. The molecular formula is C17H27NO4. The van der Waals surface area contributed by atoms with E-state index < -0.39 is 0 Å². The van der Waals surface area contributed by atoms with Gasteiger partial charge in [-0.3, -0.25) is 0 Å². The Bertz CT molecular complexity index is 491. The molecule has 124 valence electrons. The van der Waals surface area contributed by atoms with Gasteiger partial charge in [-0.25, -0.2) is 9.59 Å². The first kappa shape index (κ1) is 18.3. The SMILES string of the molecule is CCCCC1=C(C(=O)OCC)C(C)C(C(=O)OCC)=C(C)N1. The Balaban J connectivity index is 3.16. The summed E-state index contributed by atoms with van der Waals surface area (Å²) in [5.74, 6) is -1.06. The summed E-state index contributed by atoms with van der Waals surface area (Å²) < 4.78 is 10.3. The molecule has 0 aromatic carbocycles. The van der Waals surface area contributed by atoms with Crippen molar-refractivity contribution in [3.63, 3.8) is 0 Å². The molecule has 0 saturated heterocycles. The third-order valence-corrected chi connectivity index (χ3v) is 3.70. The van der Waals surface area contributed by atoms with Crippen LogP contribution in [0.25, 0.3) is 0 Å². The number of dihydropyridines is 1. The number of carbonyl (C=O) groups excluding carboxylic acids is 2. The molecule has 1 aliphatic heterocycles. The second kappa shape index (κ2) is 8.61. The molecule has 1 atom stereocenters. The van der Waals surface area contributed by atoms with Crippen molar-refractivity contribution in [2.24, 2.45) is 5.92 Å². The van der Waals surface area contributed by atoms with Crippen molar-refractivity contribution < 1.29 is 19.1 Å². The van der Waals surface area contributed by atoms with E-state index in [9.17, 15) is 9.59 Å². The summed E-state index contributed by atoms with van der Waals surface area (Å²) in [6, 6.07) is 0. The normalized spacial score (nSPS) is 18.1. The Labute approximate surface area is 132 Å². The van der Waals surface area contributed by atoms with Crippen LogP contribution < -0.4 is 5.32 Å². The number of rotatable bonds is 7. The number of esters is 2. The van der Waals surface area contributed by atoms with Gasteiger partial charge in [0.2, 0.25) is 0 Å². The van der Waals surface area contributed by atoms with Crippen molar-refractivity contribution in [3.05, 3.63) is 22.5 Å². The Morgan fingerprint density at radius 2 is 1.59 bits per heavy atom. The molecule has 0 aliphatic carbocycles. The van der Waals surface area contributed by atoms with Crippen LogP contribution in [-0.2, 0) is 19.1 Å². The van der Waals surface area contributed by atoms with Crippen molar-refractivity contribution in [2.75, 3.05) is 13.2 Å². The number of hydrogen-bond acceptors (Lipinski definition) is 5. The zero-order valence-corrected chi connectivity index (χ0v) is 14.2. The molecule has 1 heterocycles. The molecule has 0 radical (unpaired) electrons. The molecule has 22 heavy (non-hydrogen) atoms. The Kier molecular flexibility index (Phi) is 7.15. The zero-order chi connectivity index (χ0) is 16.7. The van der Waals surface area contributed by atoms with E-state index in [1.54, 1.807) is 13.8 Å². The summed E-state index contributed by atoms with van der Waals surface area (Å²) in [5, 5.41) is 3.22. The van der Waals surface area contributed by atoms with Gasteiger partial charge in [-0.1, -0.05) is 20.3 Å². The zero-order valence-electron chi connectivity index (χ0n) is 14.2. The summed E-state index contributed by atoms with van der Waals surface area (Å²) in [6.07, 6.45) is 2.77. The molecule has 0 fully saturated rings. The maximum Gasteiger partial charge on any atom is 0.336 e. The van der Waals surface area contributed by atoms with Gasteiger partial charge in [0.1, 0.15) is 0 Å². The fourth-order valence-corrected chi connectivity index (χ4v) is 2.69. The number of unbranched alkanes of at least 4 members (excludes halogenated alkanes) is 1. The smallest absolute Gasteiger partial charge is 0.336 e. The van der Waals surface area contributed by atoms with Gasteiger partial charge in [0, 0.05) is 17.3 Å². The second-order valence-corrected chi connectivity index (χ2v) is 5.32. The summed E-state index contributed by atoms with van der Waals surface area (Å²) >= 11 is 0. The van der Waals surface area contributed by atoms with Gasteiger partial charge < -0.3 is 14.8 Å². The van der Waals surface area contributed by atoms with Gasteiger partial charge >= 0.3 is 11.9 Å². The van der Waals surface area contributed by atoms with Gasteiger partial charge in [0.05, 0.1) is 24.4 Å². The van der Waals surface area contributed by atoms with Gasteiger partial charge in [0.15, 0.2) is 0 Å². The van der Waals surface area contributed by atoms with Crippen LogP contribution in [0.5, 0.6) is 0 Å². The van der Waals surface area contributed by atoms with E-state index in [0.717, 1.165) is 30.7 Å². The van der Waals surface area contributed by atoms with E-state index in [2.05, 4.69) is 12.2 Å². The van der Waals surface area contributed by atoms with Gasteiger partial charge in [-0.2, -0.15) is 0 Å². The summed E-state index contributed by atoms with van der Waals surface area (Å²) in [4.78, 5) is 24.5. The molecule has 0 aromatic heterocycles. The van der Waals surface area contributed by atoms with Crippen LogP contribution in [0.1, 0.15) is 53.9 Å². The molecule has 1 aliphatic rings. The van der Waals surface area contributed by atoms with Gasteiger partial charge in [0.25, 0.3) is 0 Å². The second-order valence-electron chi connectivity index (χ2n) is 5.32. The molecule has 0 aromatic rings. The van der Waals surface area contributed by atoms with Crippen LogP contribution in [0.3, 0.4) is 0 Å². The van der Waals surface area contributed by atoms with E-state index in [4.69, 9.17) is 9.47 Å². The summed E-state index contributed by atoms with van der Waals surface area (Å²) in [5.41, 5.74) is 2.66. The first-order chi connectivity index (χ1) is 10.5. The average Bonchev–Trinajstić information content (AvgIpc) is 2.45. The highest BCUT2D eigenvalue weighted by atomic mass is 16.5. The third kappa shape index (κ3) is 4.12. The minimum absolute atomic E-state index is 0.309. The Morgan fingerprint density at radius 3 is 2.09 bits per heavy atom. The van der Waals surface area contributed by atoms with Crippen molar-refractivity contribution >= 4 is 11.9 Å². The van der Waals surface area contributed by atoms with Crippen LogP contribution in [0, 0.1) is 5.92 Å². The number of carbonyl (C=O) groups is 2. The predicted octanol–water partition coefficient (Wildman–Crippen LogP) is 3.07. The van der Waals surface area contributed by atoms with Crippen molar-refractivity contribution in [1.29, 1.82) is 0 Å². The van der Waals surface area contributed by atoms with Crippen molar-refractivity contribution in [2.45, 2.75) is 53.9 Å². The minimum atomic E-state index is -0.378. The predicted molar refractivity (Wildman–Crippen MR) is 84.8 cm³/mol. The lowest BCUT2D eigenvalue weighted by Gasteiger charge is -2.29. The van der Waals surface area contributed by atoms with Crippen LogP contribution in [0.2, 0.25) is 0 Å². The summed E-state index contributed by atoms with van der Waals surface area (Å²) in [6.45, 7) is 9.97. The molecule has 1 N–H and O–H groups in total. The highest BCUT2D eigenvalue weighted by Crippen LogP contribution is 2.32. The van der Waals surface area contributed by atoms with Crippen LogP contribution in [-0.4, -0.2) is 25.2 Å². The van der Waals surface area contributed by atoms with Crippen molar-refractivity contribution in [3.8, 4) is 0 Å². The van der Waals surface area contributed by atoms with E-state index in [1.165, 1.54) is 0 Å². The minimum Gasteiger partial charge on any atom is -0.463 e. The largest absolute Gasteiger partial charge is 0.463 e. The van der Waals surface area contributed by atoms with Crippen LogP contribution in [0.4, 0.5) is 0 Å². The topological polar surface area (TPSA) is 64.6 Å². The number of ether oxygens (including phenoxy) is 2. The molecule has 0 saturated carbocycles. The molecular weight excluding hydrogens is 282 g/mol. The molecule has 5 nitrogen and oxygen atoms in total. The lowest BCUT2D eigenvalue weighted by molar-refractivity contribution is -0.140. The highest BCUT2D eigenvalue weighted by molar-refractivity contribution is 5.97. The summed E-state index contributed by atoms with van der Waals surface area (Å²) in [7, 11) is 0. The number of hydrogen-bond donors (Lipinski definition) is 1. The molecule has 1 rings (SSSR count). The molecule has 1 unspecified atom stereocenters. The van der Waals surface area contributed by atoms with Gasteiger partial charge in [-0.15, -0.1) is 0 Å². The quantitative estimate of drug-likeness (QED) is 0.732. The van der Waals surface area contributed by atoms with E-state index in [1.807, 2.05) is 13.8 Å². The standard InChI is InChI=1S/C17H27NO4/c1-6-9-10-13-15(17(20)22-8-3)11(4)14(12(5)18-13)16(19)21-7-2/h11,18H,6-10H2,1-5H3. The molecule has 0 spiro atoms. The lowest BCUT2D eigenvalue weighted by atomic mass is 9.85. The number of allylic oxidation sites excluding steroid dienone is 2. The maximum atomic E-state index is 12.3. The molecule has 5 heteroatoms. The first-order valence-corrected chi connectivity index (χ1v) is 8.02. The maximum absolute atomic E-state index is 12.3. The highest BCUT2D eigenvalue weighted by Gasteiger charge is 2.34. The first-order valence-electron chi connectivity index (χ1n) is 8.02. The van der Waals surface area contributed by atoms with Crippen LogP contribution in [0.15, 0.2) is 22.5 Å². The number of nitrogens with one attached hydrogen (secondary N) is 1.